The van der Waals surface area contributed by atoms with Crippen LogP contribution in [0.1, 0.15) is 69.6 Å². The van der Waals surface area contributed by atoms with Gasteiger partial charge in [0.2, 0.25) is 5.75 Å². The molecule has 0 aromatic heterocycles. The highest BCUT2D eigenvalue weighted by molar-refractivity contribution is 6.31. The summed E-state index contributed by atoms with van der Waals surface area (Å²) in [6.07, 6.45) is 0.0418. The standard InChI is InChI=1S/C45H29Cl3O10/c1-24-2-4-25(5-3-24)42(50)56-36-20-29-22-45(53)23-54-39-33(38(45)34(29)21-37(36)57-43(51)27-8-14-31(47)15-9-27)18-19-35(55-41(49)26-6-12-30(46)13-7-26)40(39)58-44(52)28-10-16-32(48)17-11-28/h2-21,38,53H,22-23H2,1H3/t38-,45+/m0/s1. The monoisotopic (exact) mass is 834 g/mol. The fraction of sp³-hybridized carbons (Fsp3) is 0.111. The minimum Gasteiger partial charge on any atom is -0.486 e. The Morgan fingerprint density at radius 1 is 0.569 bits per heavy atom. The number of aliphatic hydroxyl groups is 1. The van der Waals surface area contributed by atoms with E-state index in [9.17, 15) is 24.3 Å². The van der Waals surface area contributed by atoms with E-state index in [-0.39, 0.29) is 64.0 Å². The van der Waals surface area contributed by atoms with E-state index in [1.807, 2.05) is 6.92 Å². The molecule has 0 amide bonds. The zero-order chi connectivity index (χ0) is 40.7. The molecule has 58 heavy (non-hydrogen) atoms. The number of hydrogen-bond donors (Lipinski definition) is 1. The topological polar surface area (TPSA) is 135 Å². The van der Waals surface area contributed by atoms with Crippen LogP contribution in [0.25, 0.3) is 0 Å². The Morgan fingerprint density at radius 3 is 1.50 bits per heavy atom. The van der Waals surface area contributed by atoms with Crippen LogP contribution in [0.15, 0.2) is 121 Å². The highest BCUT2D eigenvalue weighted by atomic mass is 35.5. The van der Waals surface area contributed by atoms with Crippen LogP contribution in [-0.2, 0) is 6.42 Å². The SMILES string of the molecule is Cc1ccc(C(=O)Oc2cc3c(cc2OC(=O)c2ccc(Cl)cc2)[C@@H]2c4ccc(OC(=O)c5ccc(Cl)cc5)c(OC(=O)c5ccc(Cl)cc5)c4OC[C@]2(O)C3)cc1. The van der Waals surface area contributed by atoms with Crippen molar-refractivity contribution in [2.45, 2.75) is 24.9 Å². The average Bonchev–Trinajstić information content (AvgIpc) is 3.50. The van der Waals surface area contributed by atoms with Crippen molar-refractivity contribution >= 4 is 58.7 Å². The normalized spacial score (nSPS) is 16.2. The molecule has 13 heteroatoms. The van der Waals surface area contributed by atoms with Gasteiger partial charge < -0.3 is 28.8 Å². The van der Waals surface area contributed by atoms with E-state index in [0.29, 0.717) is 31.8 Å². The first-order chi connectivity index (χ1) is 27.8. The van der Waals surface area contributed by atoms with Gasteiger partial charge in [-0.1, -0.05) is 58.6 Å². The smallest absolute Gasteiger partial charge is 0.343 e. The lowest BCUT2D eigenvalue weighted by Gasteiger charge is -2.37. The first-order valence-corrected chi connectivity index (χ1v) is 18.9. The summed E-state index contributed by atoms with van der Waals surface area (Å²) in [6.45, 7) is 1.59. The molecule has 0 radical (unpaired) electrons. The number of fused-ring (bicyclic) bond motifs is 5. The van der Waals surface area contributed by atoms with Gasteiger partial charge in [-0.2, -0.15) is 0 Å². The summed E-state index contributed by atoms with van der Waals surface area (Å²) in [5.41, 5.74) is 1.61. The van der Waals surface area contributed by atoms with Gasteiger partial charge in [0.05, 0.1) is 22.3 Å². The summed E-state index contributed by atoms with van der Waals surface area (Å²) in [6, 6.07) is 31.0. The van der Waals surface area contributed by atoms with Crippen molar-refractivity contribution in [2.75, 3.05) is 6.61 Å². The number of carbonyl (C=O) groups is 4. The number of esters is 4. The van der Waals surface area contributed by atoms with E-state index in [2.05, 4.69) is 0 Å². The Bertz CT molecular complexity index is 2610. The van der Waals surface area contributed by atoms with Crippen LogP contribution < -0.4 is 23.7 Å². The Labute approximate surface area is 346 Å². The van der Waals surface area contributed by atoms with Gasteiger partial charge in [-0.25, -0.2) is 19.2 Å². The van der Waals surface area contributed by atoms with Gasteiger partial charge in [-0.3, -0.25) is 0 Å². The Hall–Kier alpha value is -6.17. The van der Waals surface area contributed by atoms with Crippen LogP contribution in [0.3, 0.4) is 0 Å². The molecule has 0 unspecified atom stereocenters. The lowest BCUT2D eigenvalue weighted by molar-refractivity contribution is -0.0228. The third-order valence-electron chi connectivity index (χ3n) is 9.76. The van der Waals surface area contributed by atoms with Gasteiger partial charge in [-0.15, -0.1) is 0 Å². The summed E-state index contributed by atoms with van der Waals surface area (Å²) in [7, 11) is 0. The molecule has 1 aliphatic heterocycles. The summed E-state index contributed by atoms with van der Waals surface area (Å²) in [5, 5.41) is 13.5. The van der Waals surface area contributed by atoms with Crippen LogP contribution in [0.5, 0.6) is 28.7 Å². The number of rotatable bonds is 8. The van der Waals surface area contributed by atoms with Crippen molar-refractivity contribution in [1.82, 2.24) is 0 Å². The lowest BCUT2D eigenvalue weighted by atomic mass is 9.80. The van der Waals surface area contributed by atoms with Crippen molar-refractivity contribution in [3.63, 3.8) is 0 Å². The van der Waals surface area contributed by atoms with Crippen LogP contribution in [0.4, 0.5) is 0 Å². The molecule has 10 nitrogen and oxygen atoms in total. The maximum absolute atomic E-state index is 13.6. The zero-order valence-corrected chi connectivity index (χ0v) is 32.6. The summed E-state index contributed by atoms with van der Waals surface area (Å²) in [5.74, 6) is -4.35. The van der Waals surface area contributed by atoms with E-state index < -0.39 is 35.4 Å². The van der Waals surface area contributed by atoms with Crippen LogP contribution >= 0.6 is 34.8 Å². The fourth-order valence-electron chi connectivity index (χ4n) is 6.90. The largest absolute Gasteiger partial charge is 0.486 e. The third-order valence-corrected chi connectivity index (χ3v) is 10.5. The van der Waals surface area contributed by atoms with Crippen molar-refractivity contribution in [3.8, 4) is 28.7 Å². The fourth-order valence-corrected chi connectivity index (χ4v) is 7.28. The maximum atomic E-state index is 13.6. The number of halogens is 3. The van der Waals surface area contributed by atoms with Crippen molar-refractivity contribution in [2.24, 2.45) is 0 Å². The average molecular weight is 836 g/mol. The molecule has 6 aromatic carbocycles. The number of hydrogen-bond acceptors (Lipinski definition) is 10. The third kappa shape index (κ3) is 7.75. The number of carbonyl (C=O) groups excluding carboxylic acids is 4. The second kappa shape index (κ2) is 15.6. The molecule has 1 heterocycles. The molecular weight excluding hydrogens is 807 g/mol. The molecule has 2 atom stereocenters. The van der Waals surface area contributed by atoms with Crippen LogP contribution in [-0.4, -0.2) is 41.2 Å². The van der Waals surface area contributed by atoms with Gasteiger partial charge in [0.15, 0.2) is 23.0 Å². The van der Waals surface area contributed by atoms with Crippen molar-refractivity contribution in [1.29, 1.82) is 0 Å². The molecule has 0 saturated carbocycles. The predicted octanol–water partition coefficient (Wildman–Crippen LogP) is 9.64. The van der Waals surface area contributed by atoms with E-state index in [1.165, 1.54) is 84.9 Å². The minimum absolute atomic E-state index is 0.0285. The Kier molecular flexibility index (Phi) is 10.4. The molecule has 6 aromatic rings. The molecule has 0 saturated heterocycles. The minimum atomic E-state index is -1.56. The molecular formula is C45H29Cl3O10. The Morgan fingerprint density at radius 2 is 1.00 bits per heavy atom. The zero-order valence-electron chi connectivity index (χ0n) is 30.3. The van der Waals surface area contributed by atoms with E-state index >= 15 is 0 Å². The molecule has 1 N–H and O–H groups in total. The quantitative estimate of drug-likeness (QED) is 0.117. The summed E-state index contributed by atoms with van der Waals surface area (Å²) < 4.78 is 29.6. The van der Waals surface area contributed by atoms with Gasteiger partial charge in [0.25, 0.3) is 0 Å². The molecule has 2 aliphatic rings. The first kappa shape index (κ1) is 38.7. The predicted molar refractivity (Wildman–Crippen MR) is 214 cm³/mol. The first-order valence-electron chi connectivity index (χ1n) is 17.8. The van der Waals surface area contributed by atoms with E-state index in [4.69, 9.17) is 58.5 Å². The molecule has 0 bridgehead atoms. The summed E-state index contributed by atoms with van der Waals surface area (Å²) in [4.78, 5) is 53.7. The molecule has 8 rings (SSSR count). The molecule has 0 spiro atoms. The van der Waals surface area contributed by atoms with Gasteiger partial charge in [0.1, 0.15) is 12.2 Å². The lowest BCUT2D eigenvalue weighted by Crippen LogP contribution is -2.44. The maximum Gasteiger partial charge on any atom is 0.343 e. The number of aryl methyl sites for hydroxylation is 1. The second-order valence-electron chi connectivity index (χ2n) is 13.8. The van der Waals surface area contributed by atoms with Crippen molar-refractivity contribution < 1.29 is 48.0 Å². The van der Waals surface area contributed by atoms with Crippen LogP contribution in [0.2, 0.25) is 15.1 Å². The van der Waals surface area contributed by atoms with Crippen LogP contribution in [0, 0.1) is 6.92 Å². The van der Waals surface area contributed by atoms with E-state index in [1.54, 1.807) is 36.4 Å². The van der Waals surface area contributed by atoms with Gasteiger partial charge in [-0.05, 0) is 121 Å². The summed E-state index contributed by atoms with van der Waals surface area (Å²) >= 11 is 18.1. The Balaban J connectivity index is 1.21. The van der Waals surface area contributed by atoms with Crippen molar-refractivity contribution in [3.05, 3.63) is 181 Å². The molecule has 1 aliphatic carbocycles. The van der Waals surface area contributed by atoms with Gasteiger partial charge >= 0.3 is 23.9 Å². The molecule has 0 fully saturated rings. The second-order valence-corrected chi connectivity index (χ2v) is 15.1. The highest BCUT2D eigenvalue weighted by Gasteiger charge is 2.52. The van der Waals surface area contributed by atoms with E-state index in [0.717, 1.165) is 5.56 Å². The number of ether oxygens (including phenoxy) is 5. The highest BCUT2D eigenvalue weighted by Crippen LogP contribution is 2.56. The van der Waals surface area contributed by atoms with Gasteiger partial charge in [0, 0.05) is 33.0 Å². The number of benzene rings is 6. The molecule has 290 valence electrons.